The third-order valence-electron chi connectivity index (χ3n) is 2.57. The number of carbonyl (C=O) groups excluding carboxylic acids is 2. The Labute approximate surface area is 114 Å². The Balaban J connectivity index is 2.93. The van der Waals surface area contributed by atoms with Crippen LogP contribution < -0.4 is 0 Å². The Kier molecular flexibility index (Phi) is 4.97. The molecule has 1 aliphatic rings. The maximum absolute atomic E-state index is 12.3. The molecule has 0 aromatic carbocycles. The van der Waals surface area contributed by atoms with Crippen molar-refractivity contribution in [3.63, 3.8) is 0 Å². The zero-order valence-electron chi connectivity index (χ0n) is 12.4. The first kappa shape index (κ1) is 15.5. The average Bonchev–Trinajstić information content (AvgIpc) is 2.40. The Hall–Kier alpha value is -1.52. The summed E-state index contributed by atoms with van der Waals surface area (Å²) in [5.41, 5.74) is -0.0407. The first-order valence-corrected chi connectivity index (χ1v) is 6.53. The van der Waals surface area contributed by atoms with Crippen molar-refractivity contribution in [2.45, 2.75) is 40.7 Å². The van der Waals surface area contributed by atoms with Crippen LogP contribution in [0.15, 0.2) is 12.0 Å². The summed E-state index contributed by atoms with van der Waals surface area (Å²) in [6, 6.07) is 0. The van der Waals surface area contributed by atoms with Gasteiger partial charge in [0.05, 0.1) is 6.61 Å². The summed E-state index contributed by atoms with van der Waals surface area (Å²) in [6.45, 7) is 10.7. The molecule has 19 heavy (non-hydrogen) atoms. The number of nitrogens with zero attached hydrogens (tertiary/aromatic N) is 1. The van der Waals surface area contributed by atoms with E-state index in [-0.39, 0.29) is 23.1 Å². The Morgan fingerprint density at radius 1 is 1.53 bits per heavy atom. The van der Waals surface area contributed by atoms with E-state index in [0.29, 0.717) is 19.7 Å². The van der Waals surface area contributed by atoms with E-state index in [4.69, 9.17) is 9.47 Å². The van der Waals surface area contributed by atoms with Gasteiger partial charge in [-0.3, -0.25) is 9.59 Å². The van der Waals surface area contributed by atoms with Crippen molar-refractivity contribution in [1.82, 2.24) is 4.90 Å². The zero-order chi connectivity index (χ0) is 14.6. The highest BCUT2D eigenvalue weighted by Gasteiger charge is 2.34. The van der Waals surface area contributed by atoms with Crippen molar-refractivity contribution in [3.8, 4) is 0 Å². The van der Waals surface area contributed by atoms with Crippen molar-refractivity contribution in [1.29, 1.82) is 0 Å². The number of Topliss-reactive ketones (excluding diaryl/α,β-unsaturated/α-hetero) is 1. The van der Waals surface area contributed by atoms with Crippen LogP contribution in [0.25, 0.3) is 0 Å². The molecule has 1 atom stereocenters. The Bertz CT molecular complexity index is 381. The van der Waals surface area contributed by atoms with Gasteiger partial charge in [-0.1, -0.05) is 20.8 Å². The number of ketones is 1. The van der Waals surface area contributed by atoms with Crippen LogP contribution in [0.2, 0.25) is 0 Å². The first-order valence-electron chi connectivity index (χ1n) is 6.53. The van der Waals surface area contributed by atoms with Gasteiger partial charge in [0.25, 0.3) is 11.9 Å². The number of hydrogen-bond acceptors (Lipinski definition) is 4. The number of rotatable bonds is 4. The van der Waals surface area contributed by atoms with E-state index in [2.05, 4.69) is 0 Å². The summed E-state index contributed by atoms with van der Waals surface area (Å²) < 4.78 is 10.6. The van der Waals surface area contributed by atoms with Crippen LogP contribution in [0.1, 0.15) is 34.6 Å². The monoisotopic (exact) mass is 269 g/mol. The first-order chi connectivity index (χ1) is 8.74. The molecule has 1 heterocycles. The smallest absolute Gasteiger partial charge is 0.277 e. The molecule has 0 spiro atoms. The quantitative estimate of drug-likeness (QED) is 0.729. The van der Waals surface area contributed by atoms with E-state index in [9.17, 15) is 9.59 Å². The summed E-state index contributed by atoms with van der Waals surface area (Å²) in [5, 5.41) is 0. The molecule has 0 saturated carbocycles. The van der Waals surface area contributed by atoms with E-state index in [0.717, 1.165) is 0 Å². The number of hydrogen-bond donors (Lipinski definition) is 0. The maximum Gasteiger partial charge on any atom is 0.277 e. The van der Waals surface area contributed by atoms with Gasteiger partial charge in [-0.05, 0) is 19.3 Å². The van der Waals surface area contributed by atoms with Gasteiger partial charge in [0, 0.05) is 19.2 Å². The van der Waals surface area contributed by atoms with E-state index in [1.807, 2.05) is 27.7 Å². The Morgan fingerprint density at radius 2 is 2.16 bits per heavy atom. The van der Waals surface area contributed by atoms with E-state index >= 15 is 0 Å². The fraction of sp³-hybridized carbons (Fsp3) is 0.714. The number of ether oxygens (including phenoxy) is 2. The fourth-order valence-corrected chi connectivity index (χ4v) is 1.86. The van der Waals surface area contributed by atoms with Gasteiger partial charge in [-0.25, -0.2) is 0 Å². The highest BCUT2D eigenvalue weighted by molar-refractivity contribution is 6.03. The lowest BCUT2D eigenvalue weighted by Gasteiger charge is -2.29. The molecule has 0 aromatic rings. The number of carbonyl (C=O) groups is 2. The lowest BCUT2D eigenvalue weighted by Crippen LogP contribution is -2.45. The van der Waals surface area contributed by atoms with Gasteiger partial charge in [0.2, 0.25) is 6.10 Å². The minimum Gasteiger partial charge on any atom is -0.466 e. The molecule has 5 nitrogen and oxygen atoms in total. The summed E-state index contributed by atoms with van der Waals surface area (Å²) in [6.07, 6.45) is 0.610. The predicted octanol–water partition coefficient (Wildman–Crippen LogP) is 1.73. The molecule has 1 aliphatic heterocycles. The molecule has 0 fully saturated rings. The van der Waals surface area contributed by atoms with Gasteiger partial charge in [0.1, 0.15) is 0 Å². The van der Waals surface area contributed by atoms with Crippen LogP contribution >= 0.6 is 0 Å². The van der Waals surface area contributed by atoms with Gasteiger partial charge < -0.3 is 14.4 Å². The van der Waals surface area contributed by atoms with Crippen LogP contribution in [0, 0.1) is 5.41 Å². The third kappa shape index (κ3) is 4.58. The second-order valence-corrected chi connectivity index (χ2v) is 5.84. The lowest BCUT2D eigenvalue weighted by atomic mass is 9.95. The van der Waals surface area contributed by atoms with E-state index < -0.39 is 6.10 Å². The summed E-state index contributed by atoms with van der Waals surface area (Å²) in [5.74, 6) is -0.350. The minimum atomic E-state index is -1.09. The van der Waals surface area contributed by atoms with Crippen molar-refractivity contribution in [2.75, 3.05) is 19.7 Å². The third-order valence-corrected chi connectivity index (χ3v) is 2.57. The molecule has 0 aromatic heterocycles. The lowest BCUT2D eigenvalue weighted by molar-refractivity contribution is -0.150. The molecule has 0 unspecified atom stereocenters. The van der Waals surface area contributed by atoms with Crippen LogP contribution in [0.5, 0.6) is 0 Å². The largest absolute Gasteiger partial charge is 0.466 e. The molecule has 108 valence electrons. The summed E-state index contributed by atoms with van der Waals surface area (Å²) in [7, 11) is 0. The van der Waals surface area contributed by atoms with Crippen LogP contribution in [0.3, 0.4) is 0 Å². The predicted molar refractivity (Wildman–Crippen MR) is 71.3 cm³/mol. The second-order valence-electron chi connectivity index (χ2n) is 5.84. The molecule has 1 amide bonds. The van der Waals surface area contributed by atoms with Crippen molar-refractivity contribution < 1.29 is 19.1 Å². The Morgan fingerprint density at radius 3 is 2.63 bits per heavy atom. The normalized spacial score (nSPS) is 20.5. The van der Waals surface area contributed by atoms with Crippen molar-refractivity contribution in [2.24, 2.45) is 5.41 Å². The SMILES string of the molecule is CCOC1=CCN(CC(C)(C)C)C(=O)[C@H](C(C)=O)O1. The second kappa shape index (κ2) is 6.08. The van der Waals surface area contributed by atoms with Gasteiger partial charge in [0.15, 0.2) is 5.78 Å². The molecular weight excluding hydrogens is 246 g/mol. The van der Waals surface area contributed by atoms with Crippen LogP contribution in [-0.2, 0) is 19.1 Å². The molecular formula is C14H23NO4. The molecule has 0 aliphatic carbocycles. The molecule has 1 rings (SSSR count). The topological polar surface area (TPSA) is 55.8 Å². The highest BCUT2D eigenvalue weighted by atomic mass is 16.7. The summed E-state index contributed by atoms with van der Waals surface area (Å²) >= 11 is 0. The molecule has 0 bridgehead atoms. The molecule has 0 saturated heterocycles. The molecule has 5 heteroatoms. The molecule has 0 radical (unpaired) electrons. The maximum atomic E-state index is 12.3. The average molecular weight is 269 g/mol. The molecule has 0 N–H and O–H groups in total. The van der Waals surface area contributed by atoms with Crippen molar-refractivity contribution in [3.05, 3.63) is 12.0 Å². The van der Waals surface area contributed by atoms with Gasteiger partial charge >= 0.3 is 0 Å². The van der Waals surface area contributed by atoms with Crippen LogP contribution in [0.4, 0.5) is 0 Å². The van der Waals surface area contributed by atoms with E-state index in [1.165, 1.54) is 6.92 Å². The van der Waals surface area contributed by atoms with Gasteiger partial charge in [-0.15, -0.1) is 0 Å². The highest BCUT2D eigenvalue weighted by Crippen LogP contribution is 2.20. The van der Waals surface area contributed by atoms with Crippen LogP contribution in [-0.4, -0.2) is 42.4 Å². The zero-order valence-corrected chi connectivity index (χ0v) is 12.4. The minimum absolute atomic E-state index is 0.0407. The fourth-order valence-electron chi connectivity index (χ4n) is 1.86. The number of amides is 1. The van der Waals surface area contributed by atoms with Gasteiger partial charge in [-0.2, -0.15) is 0 Å². The van der Waals surface area contributed by atoms with Crippen molar-refractivity contribution >= 4 is 11.7 Å². The van der Waals surface area contributed by atoms with E-state index in [1.54, 1.807) is 11.0 Å². The standard InChI is InChI=1S/C14H23NO4/c1-6-18-11-7-8-15(9-14(3,4)5)13(17)12(19-11)10(2)16/h7,12H,6,8-9H2,1-5H3/t12-/m0/s1. The summed E-state index contributed by atoms with van der Waals surface area (Å²) in [4.78, 5) is 25.5.